The summed E-state index contributed by atoms with van der Waals surface area (Å²) in [7, 11) is 1.56. The van der Waals surface area contributed by atoms with Crippen LogP contribution in [0.2, 0.25) is 0 Å². The van der Waals surface area contributed by atoms with Crippen LogP contribution in [0.5, 0.6) is 5.75 Å². The first-order valence-corrected chi connectivity index (χ1v) is 12.0. The maximum atomic E-state index is 13.1. The number of ether oxygens (including phenoxy) is 1. The number of carboxylic acid groups (broad SMARTS) is 1. The standard InChI is InChI=1S/C25H35N3O6/c1-17(29)5-10-26-21-16-20(3-4-22(21)34-2)25(33)28-13-8-19(9-14-28)24(32)27-11-6-18(7-12-27)15-23(30)31/h3-4,16,18-19,26H,5-15H2,1-2H3,(H,30,31). The zero-order valence-corrected chi connectivity index (χ0v) is 20.0. The molecule has 2 fully saturated rings. The molecule has 2 amide bonds. The predicted molar refractivity (Wildman–Crippen MR) is 127 cm³/mol. The molecule has 0 spiro atoms. The predicted octanol–water partition coefficient (Wildman–Crippen LogP) is 2.65. The van der Waals surface area contributed by atoms with Crippen LogP contribution in [0.4, 0.5) is 5.69 Å². The number of aliphatic carboxylic acids is 1. The van der Waals surface area contributed by atoms with Gasteiger partial charge in [0.2, 0.25) is 5.91 Å². The first-order valence-electron chi connectivity index (χ1n) is 12.0. The number of carbonyl (C=O) groups is 4. The summed E-state index contributed by atoms with van der Waals surface area (Å²) in [5, 5.41) is 12.1. The number of Topliss-reactive ketones (excluding diaryl/α,β-unsaturated/α-hetero) is 1. The summed E-state index contributed by atoms with van der Waals surface area (Å²) in [6.45, 7) is 4.26. The first-order chi connectivity index (χ1) is 16.3. The molecule has 9 nitrogen and oxygen atoms in total. The van der Waals surface area contributed by atoms with E-state index in [4.69, 9.17) is 9.84 Å². The third-order valence-electron chi connectivity index (χ3n) is 6.76. The lowest BCUT2D eigenvalue weighted by molar-refractivity contribution is -0.140. The summed E-state index contributed by atoms with van der Waals surface area (Å²) in [6.07, 6.45) is 3.27. The van der Waals surface area contributed by atoms with Gasteiger partial charge in [-0.15, -0.1) is 0 Å². The number of carbonyl (C=O) groups excluding carboxylic acids is 3. The number of hydrogen-bond acceptors (Lipinski definition) is 6. The second-order valence-corrected chi connectivity index (χ2v) is 9.23. The topological polar surface area (TPSA) is 116 Å². The van der Waals surface area contributed by atoms with Crippen molar-refractivity contribution in [1.29, 1.82) is 0 Å². The lowest BCUT2D eigenvalue weighted by Gasteiger charge is -2.37. The first kappa shape index (κ1) is 25.5. The lowest BCUT2D eigenvalue weighted by Crippen LogP contribution is -2.46. The Morgan fingerprint density at radius 2 is 1.68 bits per heavy atom. The van der Waals surface area contributed by atoms with Crippen LogP contribution in [0.25, 0.3) is 0 Å². The van der Waals surface area contributed by atoms with Gasteiger partial charge in [-0.2, -0.15) is 0 Å². The molecule has 0 aromatic heterocycles. The van der Waals surface area contributed by atoms with Crippen LogP contribution >= 0.6 is 0 Å². The van der Waals surface area contributed by atoms with Crippen LogP contribution in [0, 0.1) is 11.8 Å². The molecule has 2 aliphatic heterocycles. The number of likely N-dealkylation sites (tertiary alicyclic amines) is 2. The fourth-order valence-corrected chi connectivity index (χ4v) is 4.73. The minimum atomic E-state index is -0.780. The van der Waals surface area contributed by atoms with Crippen molar-refractivity contribution in [3.63, 3.8) is 0 Å². The van der Waals surface area contributed by atoms with Crippen molar-refractivity contribution in [3.05, 3.63) is 23.8 Å². The molecule has 186 valence electrons. The minimum absolute atomic E-state index is 0.0840. The van der Waals surface area contributed by atoms with Crippen molar-refractivity contribution < 1.29 is 29.0 Å². The Morgan fingerprint density at radius 3 is 2.26 bits per heavy atom. The molecule has 0 aliphatic carbocycles. The molecule has 1 aromatic carbocycles. The number of carboxylic acids is 1. The van der Waals surface area contributed by atoms with E-state index in [1.807, 2.05) is 4.90 Å². The number of nitrogens with zero attached hydrogens (tertiary/aromatic N) is 2. The average molecular weight is 474 g/mol. The zero-order chi connectivity index (χ0) is 24.7. The zero-order valence-electron chi connectivity index (χ0n) is 20.0. The van der Waals surface area contributed by atoms with E-state index in [0.717, 1.165) is 12.8 Å². The Labute approximate surface area is 200 Å². The highest BCUT2D eigenvalue weighted by Crippen LogP contribution is 2.28. The maximum absolute atomic E-state index is 13.1. The highest BCUT2D eigenvalue weighted by atomic mass is 16.5. The van der Waals surface area contributed by atoms with Crippen LogP contribution in [0.1, 0.15) is 55.8 Å². The number of anilines is 1. The second kappa shape index (κ2) is 11.9. The van der Waals surface area contributed by atoms with Gasteiger partial charge < -0.3 is 25.0 Å². The summed E-state index contributed by atoms with van der Waals surface area (Å²) in [5.41, 5.74) is 1.21. The highest BCUT2D eigenvalue weighted by Gasteiger charge is 2.32. The van der Waals surface area contributed by atoms with Gasteiger partial charge in [0.15, 0.2) is 0 Å². The van der Waals surface area contributed by atoms with E-state index in [0.29, 0.717) is 69.0 Å². The van der Waals surface area contributed by atoms with Gasteiger partial charge in [-0.3, -0.25) is 19.2 Å². The molecule has 2 N–H and O–H groups in total. The number of methoxy groups -OCH3 is 1. The molecule has 1 aromatic rings. The highest BCUT2D eigenvalue weighted by molar-refractivity contribution is 5.96. The summed E-state index contributed by atoms with van der Waals surface area (Å²) >= 11 is 0. The van der Waals surface area contributed by atoms with Crippen molar-refractivity contribution >= 4 is 29.3 Å². The molecule has 0 unspecified atom stereocenters. The normalized spacial score (nSPS) is 17.4. The van der Waals surface area contributed by atoms with E-state index >= 15 is 0 Å². The van der Waals surface area contributed by atoms with E-state index in [1.165, 1.54) is 6.92 Å². The molecule has 9 heteroatoms. The smallest absolute Gasteiger partial charge is 0.303 e. The molecule has 3 rings (SSSR count). The van der Waals surface area contributed by atoms with Gasteiger partial charge >= 0.3 is 5.97 Å². The van der Waals surface area contributed by atoms with Gasteiger partial charge in [0, 0.05) is 57.0 Å². The molecular weight excluding hydrogens is 438 g/mol. The number of nitrogens with one attached hydrogen (secondary N) is 1. The molecule has 0 saturated carbocycles. The van der Waals surface area contributed by atoms with Gasteiger partial charge in [-0.1, -0.05) is 0 Å². The third-order valence-corrected chi connectivity index (χ3v) is 6.76. The van der Waals surface area contributed by atoms with Crippen LogP contribution in [-0.4, -0.2) is 78.3 Å². The van der Waals surface area contributed by atoms with E-state index < -0.39 is 5.97 Å². The van der Waals surface area contributed by atoms with E-state index in [9.17, 15) is 19.2 Å². The lowest BCUT2D eigenvalue weighted by atomic mass is 9.90. The number of amides is 2. The SMILES string of the molecule is COc1ccc(C(=O)N2CCC(C(=O)N3CCC(CC(=O)O)CC3)CC2)cc1NCCC(C)=O. The summed E-state index contributed by atoms with van der Waals surface area (Å²) in [4.78, 5) is 51.8. The Kier molecular flexibility index (Phi) is 8.90. The summed E-state index contributed by atoms with van der Waals surface area (Å²) in [5.74, 6) is 0.00181. The molecular formula is C25H35N3O6. The Hall–Kier alpha value is -3.10. The number of hydrogen-bond donors (Lipinski definition) is 2. The van der Waals surface area contributed by atoms with E-state index in [1.54, 1.807) is 30.2 Å². The number of ketones is 1. The van der Waals surface area contributed by atoms with Gasteiger partial charge in [-0.25, -0.2) is 0 Å². The molecule has 34 heavy (non-hydrogen) atoms. The largest absolute Gasteiger partial charge is 0.495 e. The van der Waals surface area contributed by atoms with Crippen LogP contribution in [-0.2, 0) is 14.4 Å². The van der Waals surface area contributed by atoms with Crippen LogP contribution in [0.15, 0.2) is 18.2 Å². The monoisotopic (exact) mass is 473 g/mol. The Bertz CT molecular complexity index is 902. The third kappa shape index (κ3) is 6.71. The van der Waals surface area contributed by atoms with Gasteiger partial charge in [0.25, 0.3) is 5.91 Å². The Morgan fingerprint density at radius 1 is 1.03 bits per heavy atom. The van der Waals surface area contributed by atoms with Crippen LogP contribution < -0.4 is 10.1 Å². The van der Waals surface area contributed by atoms with Crippen molar-refractivity contribution in [2.24, 2.45) is 11.8 Å². The van der Waals surface area contributed by atoms with E-state index in [-0.39, 0.29) is 35.9 Å². The number of benzene rings is 1. The quantitative estimate of drug-likeness (QED) is 0.566. The fourth-order valence-electron chi connectivity index (χ4n) is 4.73. The van der Waals surface area contributed by atoms with Gasteiger partial charge in [-0.05, 0) is 56.7 Å². The summed E-state index contributed by atoms with van der Waals surface area (Å²) in [6, 6.07) is 5.23. The van der Waals surface area contributed by atoms with Gasteiger partial charge in [0.05, 0.1) is 12.8 Å². The molecule has 0 bridgehead atoms. The van der Waals surface area contributed by atoms with Crippen molar-refractivity contribution in [1.82, 2.24) is 9.80 Å². The van der Waals surface area contributed by atoms with E-state index in [2.05, 4.69) is 5.32 Å². The number of piperidine rings is 2. The fraction of sp³-hybridized carbons (Fsp3) is 0.600. The number of rotatable bonds is 9. The second-order valence-electron chi connectivity index (χ2n) is 9.23. The van der Waals surface area contributed by atoms with Gasteiger partial charge in [0.1, 0.15) is 11.5 Å². The molecule has 0 radical (unpaired) electrons. The summed E-state index contributed by atoms with van der Waals surface area (Å²) < 4.78 is 5.36. The molecule has 2 aliphatic rings. The Balaban J connectivity index is 1.52. The van der Waals surface area contributed by atoms with Crippen molar-refractivity contribution in [3.8, 4) is 5.75 Å². The van der Waals surface area contributed by atoms with Crippen LogP contribution in [0.3, 0.4) is 0 Å². The van der Waals surface area contributed by atoms with Crippen molar-refractivity contribution in [2.45, 2.75) is 45.4 Å². The minimum Gasteiger partial charge on any atom is -0.495 e. The maximum Gasteiger partial charge on any atom is 0.303 e. The van der Waals surface area contributed by atoms with Crippen molar-refractivity contribution in [2.75, 3.05) is 45.2 Å². The average Bonchev–Trinajstić information content (AvgIpc) is 2.83. The molecule has 0 atom stereocenters. The molecule has 2 saturated heterocycles. The molecule has 2 heterocycles.